The molecule has 0 aliphatic carbocycles. The second kappa shape index (κ2) is 10.7. The van der Waals surface area contributed by atoms with Crippen molar-refractivity contribution >= 4 is 29.3 Å². The lowest BCUT2D eigenvalue weighted by molar-refractivity contribution is -0.133. The van der Waals surface area contributed by atoms with E-state index in [4.69, 9.17) is 9.47 Å². The van der Waals surface area contributed by atoms with Crippen molar-refractivity contribution in [3.05, 3.63) is 59.7 Å². The van der Waals surface area contributed by atoms with E-state index < -0.39 is 17.7 Å². The van der Waals surface area contributed by atoms with Crippen molar-refractivity contribution in [3.63, 3.8) is 0 Å². The van der Waals surface area contributed by atoms with Crippen LogP contribution in [0.2, 0.25) is 0 Å². The third kappa shape index (κ3) is 7.94. The van der Waals surface area contributed by atoms with E-state index in [0.717, 1.165) is 11.3 Å². The van der Waals surface area contributed by atoms with E-state index in [1.807, 2.05) is 43.3 Å². The average Bonchev–Trinajstić information content (AvgIpc) is 2.70. The summed E-state index contributed by atoms with van der Waals surface area (Å²) in [6, 6.07) is 14.1. The highest BCUT2D eigenvalue weighted by Gasteiger charge is 2.18. The Bertz CT molecular complexity index is 949. The molecule has 0 unspecified atom stereocenters. The highest BCUT2D eigenvalue weighted by Crippen LogP contribution is 2.15. The standard InChI is InChI=1S/C24H31N3O5/c1-24(2,3)32-23(30)25-19-9-7-8-18(14-19)22(29)31-16-21(28)27(6)15-17-10-12-20(13-11-17)26(4)5/h7-14H,15-16H2,1-6H3,(H,25,30). The highest BCUT2D eigenvalue weighted by molar-refractivity contribution is 5.93. The largest absolute Gasteiger partial charge is 0.452 e. The first kappa shape index (κ1) is 24.7. The first-order valence-corrected chi connectivity index (χ1v) is 10.2. The molecule has 0 fully saturated rings. The van der Waals surface area contributed by atoms with Crippen molar-refractivity contribution in [1.82, 2.24) is 4.90 Å². The Balaban J connectivity index is 1.88. The predicted molar refractivity (Wildman–Crippen MR) is 124 cm³/mol. The van der Waals surface area contributed by atoms with Crippen molar-refractivity contribution in [3.8, 4) is 0 Å². The zero-order valence-corrected chi connectivity index (χ0v) is 19.5. The minimum Gasteiger partial charge on any atom is -0.452 e. The van der Waals surface area contributed by atoms with Crippen LogP contribution >= 0.6 is 0 Å². The molecule has 0 saturated heterocycles. The molecule has 2 aromatic rings. The molecule has 0 aromatic heterocycles. The van der Waals surface area contributed by atoms with Gasteiger partial charge in [-0.2, -0.15) is 0 Å². The summed E-state index contributed by atoms with van der Waals surface area (Å²) >= 11 is 0. The molecule has 2 aromatic carbocycles. The number of nitrogens with one attached hydrogen (secondary N) is 1. The molecule has 0 radical (unpaired) electrons. The second-order valence-corrected chi connectivity index (χ2v) is 8.59. The van der Waals surface area contributed by atoms with E-state index >= 15 is 0 Å². The average molecular weight is 442 g/mol. The molecule has 0 heterocycles. The van der Waals surface area contributed by atoms with Gasteiger partial charge in [-0.3, -0.25) is 10.1 Å². The topological polar surface area (TPSA) is 88.2 Å². The number of amides is 2. The molecular weight excluding hydrogens is 410 g/mol. The fourth-order valence-electron chi connectivity index (χ4n) is 2.73. The number of ether oxygens (including phenoxy) is 2. The van der Waals surface area contributed by atoms with Crippen molar-refractivity contribution in [1.29, 1.82) is 0 Å². The van der Waals surface area contributed by atoms with E-state index in [2.05, 4.69) is 5.32 Å². The Morgan fingerprint density at radius 1 is 0.969 bits per heavy atom. The lowest BCUT2D eigenvalue weighted by Gasteiger charge is -2.20. The SMILES string of the molecule is CN(Cc1ccc(N(C)C)cc1)C(=O)COC(=O)c1cccc(NC(=O)OC(C)(C)C)c1. The maximum atomic E-state index is 12.4. The van der Waals surface area contributed by atoms with Gasteiger partial charge in [0.1, 0.15) is 5.60 Å². The van der Waals surface area contributed by atoms with Crippen LogP contribution in [0.5, 0.6) is 0 Å². The monoisotopic (exact) mass is 441 g/mol. The van der Waals surface area contributed by atoms with Crippen LogP contribution in [0.4, 0.5) is 16.2 Å². The van der Waals surface area contributed by atoms with E-state index in [1.54, 1.807) is 46.0 Å². The van der Waals surface area contributed by atoms with Gasteiger partial charge in [-0.05, 0) is 56.7 Å². The van der Waals surface area contributed by atoms with Gasteiger partial charge in [-0.1, -0.05) is 18.2 Å². The summed E-state index contributed by atoms with van der Waals surface area (Å²) in [6.45, 7) is 5.29. The molecular formula is C24H31N3O5. The summed E-state index contributed by atoms with van der Waals surface area (Å²) in [5.74, 6) is -0.979. The molecule has 0 saturated carbocycles. The van der Waals surface area contributed by atoms with Crippen LogP contribution in [0.25, 0.3) is 0 Å². The number of nitrogens with zero attached hydrogens (tertiary/aromatic N) is 2. The van der Waals surface area contributed by atoms with E-state index in [-0.39, 0.29) is 18.1 Å². The Morgan fingerprint density at radius 2 is 1.62 bits per heavy atom. The number of rotatable bonds is 7. The quantitative estimate of drug-likeness (QED) is 0.656. The Kier molecular flexibility index (Phi) is 8.23. The molecule has 0 atom stereocenters. The zero-order valence-electron chi connectivity index (χ0n) is 19.5. The van der Waals surface area contributed by atoms with E-state index in [9.17, 15) is 14.4 Å². The molecule has 172 valence electrons. The van der Waals surface area contributed by atoms with Crippen molar-refractivity contribution in [2.75, 3.05) is 38.0 Å². The van der Waals surface area contributed by atoms with E-state index in [0.29, 0.717) is 12.2 Å². The maximum Gasteiger partial charge on any atom is 0.412 e. The van der Waals surface area contributed by atoms with Gasteiger partial charge < -0.3 is 19.3 Å². The number of benzene rings is 2. The van der Waals surface area contributed by atoms with Gasteiger partial charge in [-0.25, -0.2) is 9.59 Å². The summed E-state index contributed by atoms with van der Waals surface area (Å²) < 4.78 is 10.4. The minimum atomic E-state index is -0.657. The van der Waals surface area contributed by atoms with Gasteiger partial charge in [0.2, 0.25) is 0 Å². The smallest absolute Gasteiger partial charge is 0.412 e. The van der Waals surface area contributed by atoms with Gasteiger partial charge in [0, 0.05) is 39.1 Å². The van der Waals surface area contributed by atoms with Crippen LogP contribution in [0.15, 0.2) is 48.5 Å². The number of carbonyl (C=O) groups is 3. The molecule has 0 aliphatic heterocycles. The third-order valence-electron chi connectivity index (χ3n) is 4.37. The van der Waals surface area contributed by atoms with Crippen LogP contribution in [-0.4, -0.2) is 56.2 Å². The molecule has 8 heteroatoms. The fourth-order valence-corrected chi connectivity index (χ4v) is 2.73. The lowest BCUT2D eigenvalue weighted by atomic mass is 10.2. The summed E-state index contributed by atoms with van der Waals surface area (Å²) in [4.78, 5) is 40.1. The van der Waals surface area contributed by atoms with Crippen molar-refractivity contribution in [2.24, 2.45) is 0 Å². The Morgan fingerprint density at radius 3 is 2.22 bits per heavy atom. The van der Waals surface area contributed by atoms with Gasteiger partial charge in [-0.15, -0.1) is 0 Å². The summed E-state index contributed by atoms with van der Waals surface area (Å²) in [6.07, 6.45) is -0.626. The number of carbonyl (C=O) groups excluding carboxylic acids is 3. The number of likely N-dealkylation sites (N-methyl/N-ethyl adjacent to an activating group) is 1. The van der Waals surface area contributed by atoms with Crippen LogP contribution in [-0.2, 0) is 20.8 Å². The highest BCUT2D eigenvalue weighted by atomic mass is 16.6. The number of hydrogen-bond acceptors (Lipinski definition) is 6. The maximum absolute atomic E-state index is 12.4. The molecule has 2 amide bonds. The number of esters is 1. The van der Waals surface area contributed by atoms with Crippen LogP contribution in [0.1, 0.15) is 36.7 Å². The van der Waals surface area contributed by atoms with Crippen LogP contribution < -0.4 is 10.2 Å². The van der Waals surface area contributed by atoms with Crippen molar-refractivity contribution < 1.29 is 23.9 Å². The lowest BCUT2D eigenvalue weighted by Crippen LogP contribution is -2.30. The van der Waals surface area contributed by atoms with Crippen LogP contribution in [0, 0.1) is 0 Å². The molecule has 32 heavy (non-hydrogen) atoms. The number of anilines is 2. The molecule has 1 N–H and O–H groups in total. The normalized spacial score (nSPS) is 10.8. The summed E-state index contributed by atoms with van der Waals surface area (Å²) in [7, 11) is 5.58. The van der Waals surface area contributed by atoms with Gasteiger partial charge in [0.05, 0.1) is 5.56 Å². The molecule has 8 nitrogen and oxygen atoms in total. The third-order valence-corrected chi connectivity index (χ3v) is 4.37. The van der Waals surface area contributed by atoms with E-state index in [1.165, 1.54) is 11.0 Å². The fraction of sp³-hybridized carbons (Fsp3) is 0.375. The van der Waals surface area contributed by atoms with Crippen molar-refractivity contribution in [2.45, 2.75) is 32.9 Å². The first-order valence-electron chi connectivity index (χ1n) is 10.2. The molecule has 2 rings (SSSR count). The first-order chi connectivity index (χ1) is 14.9. The van der Waals surface area contributed by atoms with Gasteiger partial charge >= 0.3 is 12.1 Å². The Hall–Kier alpha value is -3.55. The second-order valence-electron chi connectivity index (χ2n) is 8.59. The molecule has 0 bridgehead atoms. The van der Waals surface area contributed by atoms with Gasteiger partial charge in [0.25, 0.3) is 5.91 Å². The van der Waals surface area contributed by atoms with Crippen LogP contribution in [0.3, 0.4) is 0 Å². The summed E-state index contributed by atoms with van der Waals surface area (Å²) in [5, 5.41) is 2.57. The zero-order chi connectivity index (χ0) is 23.9. The number of hydrogen-bond donors (Lipinski definition) is 1. The molecule has 0 spiro atoms. The summed E-state index contributed by atoms with van der Waals surface area (Å²) in [5.41, 5.74) is 2.01. The molecule has 0 aliphatic rings. The Labute approximate surface area is 189 Å². The van der Waals surface area contributed by atoms with Gasteiger partial charge in [0.15, 0.2) is 6.61 Å². The minimum absolute atomic E-state index is 0.216. The predicted octanol–water partition coefficient (Wildman–Crippen LogP) is 3.92.